The highest BCUT2D eigenvalue weighted by molar-refractivity contribution is 6.75. The lowest BCUT2D eigenvalue weighted by Crippen LogP contribution is -2.68. The van der Waals surface area contributed by atoms with Crippen LogP contribution >= 0.6 is 0 Å². The van der Waals surface area contributed by atoms with Crippen LogP contribution in [0, 0.1) is 0 Å². The van der Waals surface area contributed by atoms with Gasteiger partial charge in [-0.3, -0.25) is 0 Å². The summed E-state index contributed by atoms with van der Waals surface area (Å²) >= 11 is 0. The van der Waals surface area contributed by atoms with E-state index in [2.05, 4.69) is 20.1 Å². The molecule has 0 saturated carbocycles. The number of ether oxygens (including phenoxy) is 14. The van der Waals surface area contributed by atoms with Gasteiger partial charge in [-0.15, -0.1) is 0 Å². The van der Waals surface area contributed by atoms with Gasteiger partial charge in [0.25, 0.3) is 0 Å². The Morgan fingerprint density at radius 3 is 0.491 bits per heavy atom. The van der Waals surface area contributed by atoms with Gasteiger partial charge in [0.05, 0.1) is 58.3 Å². The fourth-order valence-corrected chi connectivity index (χ4v) is 18.2. The van der Waals surface area contributed by atoms with Crippen LogP contribution in [0.2, 0.25) is 90.7 Å². The molecule has 14 N–H and O–H groups in total. The Hall–Kier alpha value is -1.62. The molecule has 39 nitrogen and oxygen atoms in total. The van der Waals surface area contributed by atoms with Gasteiger partial charge >= 0.3 is 0 Å². The Morgan fingerprint density at radius 1 is 0.233 bits per heavy atom. The van der Waals surface area contributed by atoms with Crippen LogP contribution in [0.1, 0.15) is 104 Å². The summed E-state index contributed by atoms with van der Waals surface area (Å²) in [5.74, 6) is 0. The number of azide groups is 2. The molecular formula is C72H138N6O33Si5. The third-order valence-electron chi connectivity index (χ3n) is 26.2. The number of hydrogen-bond acceptors (Lipinski definition) is 35. The zero-order chi connectivity index (χ0) is 87.4. The summed E-state index contributed by atoms with van der Waals surface area (Å²) in [7, 11) is -14.1. The van der Waals surface area contributed by atoms with Crippen LogP contribution < -0.4 is 0 Å². The Balaban J connectivity index is 1.26. The first-order valence-corrected chi connectivity index (χ1v) is 54.6. The lowest BCUT2D eigenvalue weighted by atomic mass is 9.95. The standard InChI is InChI=1S/C72H138N6O33Si5/c1-68(2,3)112(16,17)93-28-35-56-44(83)51(90)65(102-35)109-58-37(30-95-114(20,21)70(7,8)9)100-63(49(88)42(58)81)105-54-33(26-75-77-73)99-62(48(87)41(54)80)108-57-36(29-94-113(18,19)69(4,5)6)103-66(52(91)45(57)84)111-60-39(32-97-116(24,25)72(13,14)15)104-67(53(92)46(60)85)110-59-38(31-96-115(22,23)71(10,11)12)101-64(50(89)43(59)82)106-55-34(27-76-78-74)98-61(107-56)47(86)40(55)79/h33-67,79-92H,26-32H2,1-25H3. The molecule has 116 heavy (non-hydrogen) atoms. The first-order chi connectivity index (χ1) is 53.1. The molecule has 0 amide bonds. The van der Waals surface area contributed by atoms with Crippen molar-refractivity contribution < 1.29 is 160 Å². The smallest absolute Gasteiger partial charge is 0.192 e. The fraction of sp³-hybridized carbons (Fsp3) is 1.00. The van der Waals surface area contributed by atoms with Crippen molar-refractivity contribution in [2.75, 3.05) is 46.1 Å². The molecule has 21 rings (SSSR count). The predicted molar refractivity (Wildman–Crippen MR) is 423 cm³/mol. The largest absolute Gasteiger partial charge is 0.414 e. The highest BCUT2D eigenvalue weighted by atomic mass is 28.4. The van der Waals surface area contributed by atoms with E-state index in [-0.39, 0.29) is 0 Å². The average molecular weight is 1760 g/mol. The molecule has 0 radical (unpaired) electrons. The van der Waals surface area contributed by atoms with E-state index in [0.29, 0.717) is 0 Å². The minimum atomic E-state index is -2.82. The zero-order valence-electron chi connectivity index (χ0n) is 71.9. The van der Waals surface area contributed by atoms with Gasteiger partial charge in [0.15, 0.2) is 85.6 Å². The first kappa shape index (κ1) is 99.8. The van der Waals surface area contributed by atoms with Crippen molar-refractivity contribution in [2.24, 2.45) is 10.2 Å². The van der Waals surface area contributed by atoms with Crippen LogP contribution in [0.4, 0.5) is 0 Å². The van der Waals surface area contributed by atoms with E-state index in [1.807, 2.05) is 169 Å². The van der Waals surface area contributed by atoms with Crippen LogP contribution in [0.25, 0.3) is 20.9 Å². The molecule has 35 unspecified atom stereocenters. The van der Waals surface area contributed by atoms with Crippen LogP contribution in [-0.2, 0) is 88.4 Å². The summed E-state index contributed by atoms with van der Waals surface area (Å²) in [5.41, 5.74) is 19.5. The van der Waals surface area contributed by atoms with Crippen molar-refractivity contribution in [3.63, 3.8) is 0 Å². The minimum absolute atomic E-state index is 0.404. The summed E-state index contributed by atoms with van der Waals surface area (Å²) in [6.07, 6.45) is -67.4. The van der Waals surface area contributed by atoms with Crippen molar-refractivity contribution in [2.45, 2.75) is 409 Å². The van der Waals surface area contributed by atoms with Crippen LogP contribution in [-0.4, -0.2) is 374 Å². The van der Waals surface area contributed by atoms with E-state index in [0.717, 1.165) is 0 Å². The lowest BCUT2D eigenvalue weighted by Gasteiger charge is -2.51. The van der Waals surface area contributed by atoms with E-state index < -0.39 is 328 Å². The molecule has 21 heterocycles. The summed E-state index contributed by atoms with van der Waals surface area (Å²) < 4.78 is 124. The molecule has 0 aromatic rings. The number of aliphatic hydroxyl groups excluding tert-OH is 14. The molecular weight excluding hydrogens is 1620 g/mol. The van der Waals surface area contributed by atoms with Gasteiger partial charge in [-0.25, -0.2) is 0 Å². The summed E-state index contributed by atoms with van der Waals surface area (Å²) in [6.45, 7) is 45.1. The second-order valence-electron chi connectivity index (χ2n) is 39.6. The molecule has 21 aliphatic heterocycles. The maximum Gasteiger partial charge on any atom is 0.192 e. The monoisotopic (exact) mass is 1750 g/mol. The highest BCUT2D eigenvalue weighted by Gasteiger charge is 2.62. The molecule has 0 spiro atoms. The molecule has 21 saturated heterocycles. The Labute approximate surface area is 685 Å². The van der Waals surface area contributed by atoms with Gasteiger partial charge in [0.2, 0.25) is 0 Å². The van der Waals surface area contributed by atoms with E-state index in [9.17, 15) is 82.6 Å². The normalized spacial score (nSPS) is 42.1. The maximum atomic E-state index is 12.6. The molecule has 14 bridgehead atoms. The quantitative estimate of drug-likeness (QED) is 0.0382. The van der Waals surface area contributed by atoms with E-state index in [4.69, 9.17) is 88.4 Å². The minimum Gasteiger partial charge on any atom is -0.414 e. The fourth-order valence-electron chi connectivity index (χ4n) is 13.1. The zero-order valence-corrected chi connectivity index (χ0v) is 76.9. The SMILES string of the molecule is CC(C)(C)[Si](C)(C)OCC1OC2OC3C(CO[Si](C)(C)C(C)(C)C)OC(OC4C(CN=[N+]=[N-])OC(OC5C(CO[Si](C)(C)C(C)(C)C)OC(OC6C(CO[Si](C)(C)C(C)(C)C)OC(OC7C(CO[Si](C)(C)C(C)(C)C)OC(OC8C(CN=[N+]=[N-])OC(OC1C(O)C2O)C(O)C8O)C(O)C7O)C(O)C6O)C(O)C5O)C(O)C4O)C(O)C3O. The third-order valence-corrected chi connectivity index (χ3v) is 48.8. The van der Waals surface area contributed by atoms with Gasteiger partial charge in [-0.2, -0.15) is 0 Å². The summed E-state index contributed by atoms with van der Waals surface area (Å²) in [5, 5.41) is 179. The van der Waals surface area contributed by atoms with Crippen molar-refractivity contribution in [1.82, 2.24) is 0 Å². The molecule has 21 fully saturated rings. The molecule has 0 aromatic carbocycles. The molecule has 0 aliphatic carbocycles. The summed E-state index contributed by atoms with van der Waals surface area (Å²) in [4.78, 5) is 5.77. The topological polar surface area (TPSA) is 556 Å². The lowest BCUT2D eigenvalue weighted by molar-refractivity contribution is -0.395. The molecule has 674 valence electrons. The molecule has 0 aromatic heterocycles. The summed E-state index contributed by atoms with van der Waals surface area (Å²) in [6, 6.07) is 0. The second-order valence-corrected chi connectivity index (χ2v) is 63.6. The van der Waals surface area contributed by atoms with E-state index >= 15 is 0 Å². The Bertz CT molecular complexity index is 3170. The molecule has 35 atom stereocenters. The number of hydrogen-bond donors (Lipinski definition) is 14. The van der Waals surface area contributed by atoms with Gasteiger partial charge in [0, 0.05) is 9.82 Å². The molecule has 44 heteroatoms. The maximum absolute atomic E-state index is 12.6. The van der Waals surface area contributed by atoms with Crippen molar-refractivity contribution in [1.29, 1.82) is 0 Å². The van der Waals surface area contributed by atoms with Crippen LogP contribution in [0.3, 0.4) is 0 Å². The van der Waals surface area contributed by atoms with Gasteiger partial charge in [-0.1, -0.05) is 114 Å². The van der Waals surface area contributed by atoms with Crippen molar-refractivity contribution in [3.8, 4) is 0 Å². The first-order valence-electron chi connectivity index (χ1n) is 40.1. The second kappa shape index (κ2) is 38.3. The van der Waals surface area contributed by atoms with E-state index in [1.54, 1.807) is 0 Å². The van der Waals surface area contributed by atoms with Crippen molar-refractivity contribution >= 4 is 41.6 Å². The predicted octanol–water partition coefficient (Wildman–Crippen LogP) is 2.55. The molecule has 21 aliphatic rings. The van der Waals surface area contributed by atoms with Crippen LogP contribution in [0.5, 0.6) is 0 Å². The van der Waals surface area contributed by atoms with E-state index in [1.165, 1.54) is 0 Å². The number of aliphatic hydroxyl groups is 14. The Kier molecular flexibility index (Phi) is 32.9. The van der Waals surface area contributed by atoms with Gasteiger partial charge in [-0.05, 0) is 102 Å². The van der Waals surface area contributed by atoms with Crippen LogP contribution in [0.15, 0.2) is 10.2 Å². The van der Waals surface area contributed by atoms with Gasteiger partial charge in [0.1, 0.15) is 159 Å². The highest BCUT2D eigenvalue weighted by Crippen LogP contribution is 2.46. The number of nitrogens with zero attached hydrogens (tertiary/aromatic N) is 6. The van der Waals surface area contributed by atoms with Gasteiger partial charge < -0.3 is 160 Å². The number of rotatable bonds is 19. The third kappa shape index (κ3) is 22.4. The Morgan fingerprint density at radius 2 is 0.362 bits per heavy atom. The van der Waals surface area contributed by atoms with Crippen molar-refractivity contribution in [3.05, 3.63) is 20.9 Å². The average Bonchev–Trinajstić information content (AvgIpc) is 0.771.